The Kier molecular flexibility index (Phi) is 5.73. The highest BCUT2D eigenvalue weighted by molar-refractivity contribution is 5.95. The Morgan fingerprint density at radius 3 is 2.35 bits per heavy atom. The summed E-state index contributed by atoms with van der Waals surface area (Å²) >= 11 is 0. The van der Waals surface area contributed by atoms with Gasteiger partial charge in [0, 0.05) is 23.8 Å². The van der Waals surface area contributed by atoms with Crippen molar-refractivity contribution >= 4 is 17.5 Å². The molecule has 0 fully saturated rings. The standard InChI is InChI=1S/C15H19N3O2/c1-11(2)18(10-4-9-16)15(20)17-14-7-5-13(6-8-14)12(3)19/h5-8,11H,4,10H2,1-3H3,(H,17,20). The second-order valence-corrected chi connectivity index (χ2v) is 4.76. The van der Waals surface area contributed by atoms with Crippen molar-refractivity contribution < 1.29 is 9.59 Å². The number of ketones is 1. The zero-order chi connectivity index (χ0) is 15.1. The Morgan fingerprint density at radius 2 is 1.90 bits per heavy atom. The van der Waals surface area contributed by atoms with Gasteiger partial charge in [-0.25, -0.2) is 4.79 Å². The maximum absolute atomic E-state index is 12.1. The third kappa shape index (κ3) is 4.39. The zero-order valence-corrected chi connectivity index (χ0v) is 12.0. The van der Waals surface area contributed by atoms with Gasteiger partial charge in [-0.15, -0.1) is 0 Å². The van der Waals surface area contributed by atoms with Crippen molar-refractivity contribution in [3.05, 3.63) is 29.8 Å². The van der Waals surface area contributed by atoms with Crippen LogP contribution in [0.25, 0.3) is 0 Å². The van der Waals surface area contributed by atoms with Gasteiger partial charge in [0.1, 0.15) is 0 Å². The van der Waals surface area contributed by atoms with Crippen molar-refractivity contribution in [2.24, 2.45) is 0 Å². The van der Waals surface area contributed by atoms with Crippen LogP contribution >= 0.6 is 0 Å². The first-order valence-corrected chi connectivity index (χ1v) is 6.51. The molecule has 0 saturated carbocycles. The number of Topliss-reactive ketones (excluding diaryl/α,β-unsaturated/α-hetero) is 1. The van der Waals surface area contributed by atoms with E-state index in [2.05, 4.69) is 5.32 Å². The number of carbonyl (C=O) groups excluding carboxylic acids is 2. The van der Waals surface area contributed by atoms with Crippen LogP contribution in [0.15, 0.2) is 24.3 Å². The van der Waals surface area contributed by atoms with Gasteiger partial charge in [-0.2, -0.15) is 5.26 Å². The van der Waals surface area contributed by atoms with Crippen LogP contribution in [-0.4, -0.2) is 29.3 Å². The van der Waals surface area contributed by atoms with E-state index >= 15 is 0 Å². The van der Waals surface area contributed by atoms with Gasteiger partial charge < -0.3 is 10.2 Å². The van der Waals surface area contributed by atoms with Crippen LogP contribution in [0.5, 0.6) is 0 Å². The van der Waals surface area contributed by atoms with Crippen LogP contribution in [0, 0.1) is 11.3 Å². The minimum Gasteiger partial charge on any atom is -0.321 e. The van der Waals surface area contributed by atoms with Gasteiger partial charge in [-0.05, 0) is 45.0 Å². The number of anilines is 1. The molecule has 5 nitrogen and oxygen atoms in total. The Bertz CT molecular complexity index is 515. The molecule has 0 saturated heterocycles. The average molecular weight is 273 g/mol. The first-order valence-electron chi connectivity index (χ1n) is 6.51. The van der Waals surface area contributed by atoms with E-state index in [9.17, 15) is 9.59 Å². The molecule has 1 rings (SSSR count). The number of carbonyl (C=O) groups is 2. The fourth-order valence-corrected chi connectivity index (χ4v) is 1.75. The Labute approximate surface area is 119 Å². The number of hydrogen-bond acceptors (Lipinski definition) is 3. The molecule has 0 aliphatic carbocycles. The van der Waals surface area contributed by atoms with Gasteiger partial charge in [-0.3, -0.25) is 4.79 Å². The summed E-state index contributed by atoms with van der Waals surface area (Å²) in [6, 6.07) is 8.53. The molecule has 0 heterocycles. The van der Waals surface area contributed by atoms with Gasteiger partial charge in [0.25, 0.3) is 0 Å². The number of nitrogens with one attached hydrogen (secondary N) is 1. The highest BCUT2D eigenvalue weighted by Crippen LogP contribution is 2.12. The summed E-state index contributed by atoms with van der Waals surface area (Å²) in [6.45, 7) is 5.69. The van der Waals surface area contributed by atoms with Gasteiger partial charge in [0.15, 0.2) is 5.78 Å². The van der Waals surface area contributed by atoms with Crippen molar-refractivity contribution in [3.63, 3.8) is 0 Å². The van der Waals surface area contributed by atoms with E-state index in [4.69, 9.17) is 5.26 Å². The van der Waals surface area contributed by atoms with Gasteiger partial charge in [-0.1, -0.05) is 0 Å². The van der Waals surface area contributed by atoms with Crippen molar-refractivity contribution in [1.82, 2.24) is 4.90 Å². The first-order chi connectivity index (χ1) is 9.45. The van der Waals surface area contributed by atoms with E-state index in [0.29, 0.717) is 24.2 Å². The van der Waals surface area contributed by atoms with Crippen LogP contribution in [0.4, 0.5) is 10.5 Å². The van der Waals surface area contributed by atoms with Crippen LogP contribution in [0.2, 0.25) is 0 Å². The summed E-state index contributed by atoms with van der Waals surface area (Å²) in [5.74, 6) is -0.0132. The molecule has 0 bridgehead atoms. The lowest BCUT2D eigenvalue weighted by molar-refractivity contribution is 0.101. The average Bonchev–Trinajstić information content (AvgIpc) is 2.39. The largest absolute Gasteiger partial charge is 0.322 e. The van der Waals surface area contributed by atoms with E-state index in [0.717, 1.165) is 0 Å². The van der Waals surface area contributed by atoms with Gasteiger partial charge in [0.05, 0.1) is 12.5 Å². The molecule has 1 N–H and O–H groups in total. The molecular formula is C15H19N3O2. The third-order valence-corrected chi connectivity index (χ3v) is 2.89. The summed E-state index contributed by atoms with van der Waals surface area (Å²) in [6.07, 6.45) is 0.300. The normalized spacial score (nSPS) is 9.95. The van der Waals surface area contributed by atoms with E-state index in [1.54, 1.807) is 29.2 Å². The number of benzene rings is 1. The molecule has 1 aromatic rings. The van der Waals surface area contributed by atoms with Crippen molar-refractivity contribution in [1.29, 1.82) is 5.26 Å². The van der Waals surface area contributed by atoms with Gasteiger partial charge in [0.2, 0.25) is 0 Å². The molecule has 0 atom stereocenters. The molecule has 0 aliphatic rings. The minimum absolute atomic E-state index is 0.0132. The van der Waals surface area contributed by atoms with Crippen molar-refractivity contribution in [3.8, 4) is 6.07 Å². The predicted octanol–water partition coefficient (Wildman–Crippen LogP) is 3.05. The molecule has 0 radical (unpaired) electrons. The third-order valence-electron chi connectivity index (χ3n) is 2.89. The Balaban J connectivity index is 2.72. The Morgan fingerprint density at radius 1 is 1.30 bits per heavy atom. The molecule has 106 valence electrons. The lowest BCUT2D eigenvalue weighted by atomic mass is 10.1. The highest BCUT2D eigenvalue weighted by Gasteiger charge is 2.16. The lowest BCUT2D eigenvalue weighted by Gasteiger charge is -2.26. The smallest absolute Gasteiger partial charge is 0.321 e. The zero-order valence-electron chi connectivity index (χ0n) is 12.0. The maximum atomic E-state index is 12.1. The number of amides is 2. The second kappa shape index (κ2) is 7.29. The molecule has 5 heteroatoms. The van der Waals surface area contributed by atoms with Crippen LogP contribution in [0.1, 0.15) is 37.6 Å². The van der Waals surface area contributed by atoms with E-state index in [-0.39, 0.29) is 17.9 Å². The van der Waals surface area contributed by atoms with Crippen LogP contribution < -0.4 is 5.32 Å². The van der Waals surface area contributed by atoms with Crippen LogP contribution in [0.3, 0.4) is 0 Å². The van der Waals surface area contributed by atoms with E-state index in [1.165, 1.54) is 6.92 Å². The SMILES string of the molecule is CC(=O)c1ccc(NC(=O)N(CCC#N)C(C)C)cc1. The molecule has 0 spiro atoms. The number of rotatable bonds is 5. The summed E-state index contributed by atoms with van der Waals surface area (Å²) in [4.78, 5) is 24.9. The molecule has 1 aromatic carbocycles. The molecule has 0 aromatic heterocycles. The number of hydrogen-bond donors (Lipinski definition) is 1. The van der Waals surface area contributed by atoms with Gasteiger partial charge >= 0.3 is 6.03 Å². The molecule has 20 heavy (non-hydrogen) atoms. The summed E-state index contributed by atoms with van der Waals surface area (Å²) in [7, 11) is 0. The molecule has 0 aliphatic heterocycles. The first kappa shape index (κ1) is 15.7. The lowest BCUT2D eigenvalue weighted by Crippen LogP contribution is -2.40. The van der Waals surface area contributed by atoms with E-state index < -0.39 is 0 Å². The Hall–Kier alpha value is -2.35. The minimum atomic E-state index is -0.245. The number of nitrogens with zero attached hydrogens (tertiary/aromatic N) is 2. The number of nitriles is 1. The predicted molar refractivity (Wildman–Crippen MR) is 77.5 cm³/mol. The maximum Gasteiger partial charge on any atom is 0.322 e. The van der Waals surface area contributed by atoms with Crippen LogP contribution in [-0.2, 0) is 0 Å². The number of urea groups is 1. The second-order valence-electron chi connectivity index (χ2n) is 4.76. The quantitative estimate of drug-likeness (QED) is 0.838. The summed E-state index contributed by atoms with van der Waals surface area (Å²) in [5, 5.41) is 11.4. The van der Waals surface area contributed by atoms with E-state index in [1.807, 2.05) is 19.9 Å². The van der Waals surface area contributed by atoms with Crippen molar-refractivity contribution in [2.45, 2.75) is 33.2 Å². The van der Waals surface area contributed by atoms with Crippen molar-refractivity contribution in [2.75, 3.05) is 11.9 Å². The topological polar surface area (TPSA) is 73.2 Å². The summed E-state index contributed by atoms with van der Waals surface area (Å²) in [5.41, 5.74) is 1.23. The molecule has 2 amide bonds. The fourth-order valence-electron chi connectivity index (χ4n) is 1.75. The molecule has 0 unspecified atom stereocenters. The summed E-state index contributed by atoms with van der Waals surface area (Å²) < 4.78 is 0. The fraction of sp³-hybridized carbons (Fsp3) is 0.400. The highest BCUT2D eigenvalue weighted by atomic mass is 16.2. The molecular weight excluding hydrogens is 254 g/mol. The monoisotopic (exact) mass is 273 g/mol.